The first kappa shape index (κ1) is 7.87. The van der Waals surface area contributed by atoms with Crippen molar-refractivity contribution >= 4 is 0 Å². The Bertz CT molecular complexity index is 228. The summed E-state index contributed by atoms with van der Waals surface area (Å²) in [6.07, 6.45) is 6.73. The smallest absolute Gasteiger partial charge is 0.0223 e. The molecule has 2 atom stereocenters. The van der Waals surface area contributed by atoms with Gasteiger partial charge in [-0.2, -0.15) is 0 Å². The maximum absolute atomic E-state index is 3.54. The summed E-state index contributed by atoms with van der Waals surface area (Å²) in [5, 5.41) is 3.54. The molecule has 2 N–H and O–H groups in total. The molecular formula is C10H16N2. The molecular weight excluding hydrogens is 148 g/mol. The van der Waals surface area contributed by atoms with E-state index in [0.29, 0.717) is 0 Å². The molecule has 1 saturated carbocycles. The fourth-order valence-electron chi connectivity index (χ4n) is 1.67. The lowest BCUT2D eigenvalue weighted by atomic mass is 10.3. The molecule has 1 aliphatic carbocycles. The van der Waals surface area contributed by atoms with E-state index in [1.807, 2.05) is 6.20 Å². The van der Waals surface area contributed by atoms with Crippen LogP contribution in [0.3, 0.4) is 0 Å². The fraction of sp³-hybridized carbons (Fsp3) is 0.600. The zero-order chi connectivity index (χ0) is 8.39. The molecule has 0 aromatic carbocycles. The molecule has 1 aliphatic rings. The summed E-state index contributed by atoms with van der Waals surface area (Å²) in [6, 6.07) is 2.92. The minimum Gasteiger partial charge on any atom is -0.367 e. The summed E-state index contributed by atoms with van der Waals surface area (Å²) >= 11 is 0. The largest absolute Gasteiger partial charge is 0.367 e. The average Bonchev–Trinajstić information content (AvgIpc) is 2.67. The van der Waals surface area contributed by atoms with E-state index >= 15 is 0 Å². The highest BCUT2D eigenvalue weighted by molar-refractivity contribution is 5.08. The number of rotatable bonds is 4. The zero-order valence-electron chi connectivity index (χ0n) is 7.51. The molecule has 2 rings (SSSR count). The molecule has 1 fully saturated rings. The third-order valence-electron chi connectivity index (χ3n) is 2.68. The van der Waals surface area contributed by atoms with Crippen molar-refractivity contribution in [3.8, 4) is 0 Å². The van der Waals surface area contributed by atoms with Gasteiger partial charge in [-0.3, -0.25) is 0 Å². The van der Waals surface area contributed by atoms with Crippen LogP contribution in [0.4, 0.5) is 0 Å². The average molecular weight is 164 g/mol. The highest BCUT2D eigenvalue weighted by Crippen LogP contribution is 2.33. The van der Waals surface area contributed by atoms with Gasteiger partial charge in [0.25, 0.3) is 0 Å². The van der Waals surface area contributed by atoms with Crippen molar-refractivity contribution in [3.63, 3.8) is 0 Å². The Morgan fingerprint density at radius 2 is 2.58 bits per heavy atom. The van der Waals surface area contributed by atoms with Crippen LogP contribution in [0.2, 0.25) is 0 Å². The van der Waals surface area contributed by atoms with Crippen molar-refractivity contribution in [2.24, 2.45) is 5.92 Å². The lowest BCUT2D eigenvalue weighted by Gasteiger charge is -2.00. The SMILES string of the molecule is CCC1CC1NCc1cc[nH]c1. The van der Waals surface area contributed by atoms with Gasteiger partial charge >= 0.3 is 0 Å². The molecule has 2 nitrogen and oxygen atoms in total. The van der Waals surface area contributed by atoms with Crippen LogP contribution in [-0.2, 0) is 6.54 Å². The molecule has 0 spiro atoms. The van der Waals surface area contributed by atoms with Gasteiger partial charge in [0, 0.05) is 25.0 Å². The topological polar surface area (TPSA) is 27.8 Å². The third kappa shape index (κ3) is 1.69. The molecule has 2 unspecified atom stereocenters. The van der Waals surface area contributed by atoms with Crippen molar-refractivity contribution in [1.29, 1.82) is 0 Å². The lowest BCUT2D eigenvalue weighted by molar-refractivity contribution is 0.623. The first-order chi connectivity index (χ1) is 5.90. The molecule has 0 saturated heterocycles. The Morgan fingerprint density at radius 1 is 1.67 bits per heavy atom. The molecule has 1 heterocycles. The highest BCUT2D eigenvalue weighted by Gasteiger charge is 2.34. The predicted octanol–water partition coefficient (Wildman–Crippen LogP) is 1.90. The number of aromatic amines is 1. The lowest BCUT2D eigenvalue weighted by Crippen LogP contribution is -2.16. The second-order valence-electron chi connectivity index (χ2n) is 3.61. The molecule has 12 heavy (non-hydrogen) atoms. The van der Waals surface area contributed by atoms with Gasteiger partial charge in [-0.25, -0.2) is 0 Å². The van der Waals surface area contributed by atoms with Gasteiger partial charge in [0.1, 0.15) is 0 Å². The van der Waals surface area contributed by atoms with Gasteiger partial charge in [-0.1, -0.05) is 13.3 Å². The van der Waals surface area contributed by atoms with Crippen LogP contribution >= 0.6 is 0 Å². The van der Waals surface area contributed by atoms with E-state index < -0.39 is 0 Å². The number of nitrogens with one attached hydrogen (secondary N) is 2. The number of H-pyrrole nitrogens is 1. The van der Waals surface area contributed by atoms with Crippen molar-refractivity contribution < 1.29 is 0 Å². The Balaban J connectivity index is 1.71. The standard InChI is InChI=1S/C10H16N2/c1-2-9-5-10(9)12-7-8-3-4-11-6-8/h3-4,6,9-12H,2,5,7H2,1H3. The Morgan fingerprint density at radius 3 is 3.17 bits per heavy atom. The fourth-order valence-corrected chi connectivity index (χ4v) is 1.67. The molecule has 0 radical (unpaired) electrons. The third-order valence-corrected chi connectivity index (χ3v) is 2.68. The maximum atomic E-state index is 3.54. The van der Waals surface area contributed by atoms with E-state index in [1.54, 1.807) is 0 Å². The van der Waals surface area contributed by atoms with Crippen LogP contribution in [0.1, 0.15) is 25.3 Å². The molecule has 66 valence electrons. The van der Waals surface area contributed by atoms with Crippen molar-refractivity contribution in [2.45, 2.75) is 32.4 Å². The van der Waals surface area contributed by atoms with Gasteiger partial charge in [0.15, 0.2) is 0 Å². The van der Waals surface area contributed by atoms with E-state index in [9.17, 15) is 0 Å². The molecule has 0 bridgehead atoms. The summed E-state index contributed by atoms with van der Waals surface area (Å²) < 4.78 is 0. The van der Waals surface area contributed by atoms with Gasteiger partial charge < -0.3 is 10.3 Å². The summed E-state index contributed by atoms with van der Waals surface area (Å²) in [4.78, 5) is 3.06. The van der Waals surface area contributed by atoms with Crippen molar-refractivity contribution in [3.05, 3.63) is 24.0 Å². The highest BCUT2D eigenvalue weighted by atomic mass is 15.0. The van der Waals surface area contributed by atoms with Crippen LogP contribution in [-0.4, -0.2) is 11.0 Å². The van der Waals surface area contributed by atoms with Gasteiger partial charge in [0.2, 0.25) is 0 Å². The number of hydrogen-bond acceptors (Lipinski definition) is 1. The second-order valence-corrected chi connectivity index (χ2v) is 3.61. The van der Waals surface area contributed by atoms with Crippen LogP contribution in [0.25, 0.3) is 0 Å². The number of hydrogen-bond donors (Lipinski definition) is 2. The normalized spacial score (nSPS) is 27.4. The van der Waals surface area contributed by atoms with E-state index in [-0.39, 0.29) is 0 Å². The first-order valence-corrected chi connectivity index (χ1v) is 4.75. The summed E-state index contributed by atoms with van der Waals surface area (Å²) in [5.41, 5.74) is 1.36. The van der Waals surface area contributed by atoms with Crippen LogP contribution in [0, 0.1) is 5.92 Å². The molecule has 0 aliphatic heterocycles. The number of aromatic nitrogens is 1. The molecule has 1 aromatic rings. The predicted molar refractivity (Wildman–Crippen MR) is 49.8 cm³/mol. The Kier molecular flexibility index (Phi) is 2.17. The molecule has 2 heteroatoms. The first-order valence-electron chi connectivity index (χ1n) is 4.75. The van der Waals surface area contributed by atoms with Crippen LogP contribution in [0.15, 0.2) is 18.5 Å². The Labute approximate surface area is 73.4 Å². The summed E-state index contributed by atoms with van der Waals surface area (Å²) in [5.74, 6) is 0.948. The minimum absolute atomic E-state index is 0.796. The second kappa shape index (κ2) is 3.31. The summed E-state index contributed by atoms with van der Waals surface area (Å²) in [6.45, 7) is 3.29. The van der Waals surface area contributed by atoms with Crippen LogP contribution < -0.4 is 5.32 Å². The summed E-state index contributed by atoms with van der Waals surface area (Å²) in [7, 11) is 0. The van der Waals surface area contributed by atoms with Crippen molar-refractivity contribution in [1.82, 2.24) is 10.3 Å². The van der Waals surface area contributed by atoms with E-state index in [4.69, 9.17) is 0 Å². The van der Waals surface area contributed by atoms with E-state index in [0.717, 1.165) is 18.5 Å². The van der Waals surface area contributed by atoms with Gasteiger partial charge in [0.05, 0.1) is 0 Å². The van der Waals surface area contributed by atoms with E-state index in [1.165, 1.54) is 18.4 Å². The maximum Gasteiger partial charge on any atom is 0.0223 e. The van der Waals surface area contributed by atoms with Gasteiger partial charge in [-0.15, -0.1) is 0 Å². The quantitative estimate of drug-likeness (QED) is 0.699. The molecule has 1 aromatic heterocycles. The zero-order valence-corrected chi connectivity index (χ0v) is 7.51. The van der Waals surface area contributed by atoms with E-state index in [2.05, 4.69) is 29.5 Å². The molecule has 0 amide bonds. The van der Waals surface area contributed by atoms with Crippen molar-refractivity contribution in [2.75, 3.05) is 0 Å². The Hall–Kier alpha value is -0.760. The monoisotopic (exact) mass is 164 g/mol. The van der Waals surface area contributed by atoms with Gasteiger partial charge in [-0.05, 0) is 24.0 Å². The van der Waals surface area contributed by atoms with Crippen LogP contribution in [0.5, 0.6) is 0 Å². The minimum atomic E-state index is 0.796.